The number of carbonyl (C=O) groups excluding carboxylic acids is 2. The molecule has 0 N–H and O–H groups in total. The number of amides is 1. The first-order valence-corrected chi connectivity index (χ1v) is 6.41. The van der Waals surface area contributed by atoms with Gasteiger partial charge in [-0.15, -0.1) is 0 Å². The van der Waals surface area contributed by atoms with Gasteiger partial charge < -0.3 is 4.90 Å². The molecule has 1 fully saturated rings. The number of anilines is 1. The normalized spacial score (nSPS) is 19.8. The van der Waals surface area contributed by atoms with Crippen molar-refractivity contribution in [2.45, 2.75) is 18.6 Å². The molecule has 0 aliphatic carbocycles. The van der Waals surface area contributed by atoms with Gasteiger partial charge >= 0.3 is 0 Å². The third-order valence-corrected chi connectivity index (χ3v) is 3.63. The molecule has 2 rings (SSSR count). The van der Waals surface area contributed by atoms with Crippen LogP contribution in [0.5, 0.6) is 0 Å². The van der Waals surface area contributed by atoms with E-state index in [1.165, 1.54) is 18.7 Å². The summed E-state index contributed by atoms with van der Waals surface area (Å²) in [5, 5.41) is 0.433. The zero-order chi connectivity index (χ0) is 12.4. The van der Waals surface area contributed by atoms with E-state index in [1.807, 2.05) is 0 Å². The second kappa shape index (κ2) is 5.06. The second-order valence-electron chi connectivity index (χ2n) is 3.78. The highest BCUT2D eigenvalue weighted by molar-refractivity contribution is 8.14. The molecule has 0 bridgehead atoms. The van der Waals surface area contributed by atoms with Crippen molar-refractivity contribution < 1.29 is 9.59 Å². The predicted octanol–water partition coefficient (Wildman–Crippen LogP) is 2.12. The average molecular weight is 271 g/mol. The first-order valence-electron chi connectivity index (χ1n) is 5.15. The maximum Gasteiger partial charge on any atom is 0.228 e. The van der Waals surface area contributed by atoms with Gasteiger partial charge in [-0.2, -0.15) is 0 Å². The van der Waals surface area contributed by atoms with Crippen molar-refractivity contribution >= 4 is 40.1 Å². The number of thioether (sulfide) groups is 1. The highest BCUT2D eigenvalue weighted by Crippen LogP contribution is 2.29. The average Bonchev–Trinajstić information content (AvgIpc) is 2.58. The largest absolute Gasteiger partial charge is 0.311 e. The van der Waals surface area contributed by atoms with Gasteiger partial charge in [0, 0.05) is 37.0 Å². The fourth-order valence-electron chi connectivity index (χ4n) is 1.80. The number of carbonyl (C=O) groups is 2. The van der Waals surface area contributed by atoms with Crippen LogP contribution < -0.4 is 4.90 Å². The van der Waals surface area contributed by atoms with E-state index >= 15 is 0 Å². The summed E-state index contributed by atoms with van der Waals surface area (Å²) >= 11 is 7.00. The van der Waals surface area contributed by atoms with Crippen LogP contribution in [0.1, 0.15) is 13.3 Å². The van der Waals surface area contributed by atoms with Crippen molar-refractivity contribution in [3.63, 3.8) is 0 Å². The summed E-state index contributed by atoms with van der Waals surface area (Å²) in [6.45, 7) is 2.06. The number of hydrogen-bond donors (Lipinski definition) is 0. The zero-order valence-electron chi connectivity index (χ0n) is 9.22. The van der Waals surface area contributed by atoms with Gasteiger partial charge in [0.2, 0.25) is 5.91 Å². The molecule has 1 unspecified atom stereocenters. The lowest BCUT2D eigenvalue weighted by molar-refractivity contribution is -0.117. The van der Waals surface area contributed by atoms with E-state index in [-0.39, 0.29) is 16.3 Å². The van der Waals surface area contributed by atoms with Gasteiger partial charge in [-0.1, -0.05) is 23.4 Å². The lowest BCUT2D eigenvalue weighted by Gasteiger charge is -2.16. The molecule has 1 atom stereocenters. The molecule has 0 radical (unpaired) electrons. The summed E-state index contributed by atoms with van der Waals surface area (Å²) in [5.74, 6) is 0.0195. The van der Waals surface area contributed by atoms with E-state index in [9.17, 15) is 9.59 Å². The molecule has 0 saturated carbocycles. The first-order chi connectivity index (χ1) is 8.06. The van der Waals surface area contributed by atoms with E-state index in [4.69, 9.17) is 11.6 Å². The maximum atomic E-state index is 11.8. The summed E-state index contributed by atoms with van der Waals surface area (Å²) in [7, 11) is 0. The van der Waals surface area contributed by atoms with Gasteiger partial charge in [0.15, 0.2) is 5.12 Å². The molecule has 1 saturated heterocycles. The van der Waals surface area contributed by atoms with Crippen LogP contribution in [0.15, 0.2) is 18.3 Å². The zero-order valence-corrected chi connectivity index (χ0v) is 10.8. The highest BCUT2D eigenvalue weighted by Gasteiger charge is 2.31. The molecule has 6 heteroatoms. The monoisotopic (exact) mass is 270 g/mol. The molecule has 0 spiro atoms. The van der Waals surface area contributed by atoms with Gasteiger partial charge in [0.25, 0.3) is 0 Å². The Balaban J connectivity index is 2.13. The molecule has 90 valence electrons. The number of pyridine rings is 1. The third-order valence-electron chi connectivity index (χ3n) is 2.44. The van der Waals surface area contributed by atoms with Gasteiger partial charge in [-0.25, -0.2) is 4.98 Å². The number of halogens is 1. The molecular formula is C11H11ClN2O2S. The Labute approximate surface area is 108 Å². The molecule has 4 nitrogen and oxygen atoms in total. The highest BCUT2D eigenvalue weighted by atomic mass is 35.5. The molecule has 1 aliphatic rings. The fourth-order valence-corrected chi connectivity index (χ4v) is 2.89. The Morgan fingerprint density at radius 3 is 3.06 bits per heavy atom. The minimum atomic E-state index is 0.0195. The van der Waals surface area contributed by atoms with Crippen LogP contribution in [-0.4, -0.2) is 27.8 Å². The van der Waals surface area contributed by atoms with Gasteiger partial charge in [0.1, 0.15) is 5.15 Å². The van der Waals surface area contributed by atoms with Crippen LogP contribution >= 0.6 is 23.4 Å². The number of hydrogen-bond acceptors (Lipinski definition) is 4. The van der Waals surface area contributed by atoms with Gasteiger partial charge in [-0.3, -0.25) is 9.59 Å². The van der Waals surface area contributed by atoms with Crippen molar-refractivity contribution in [2.75, 3.05) is 11.4 Å². The molecule has 1 aromatic heterocycles. The third kappa shape index (κ3) is 2.98. The summed E-state index contributed by atoms with van der Waals surface area (Å²) < 4.78 is 0. The van der Waals surface area contributed by atoms with Crippen molar-refractivity contribution in [1.82, 2.24) is 4.98 Å². The van der Waals surface area contributed by atoms with Gasteiger partial charge in [-0.05, 0) is 12.1 Å². The quantitative estimate of drug-likeness (QED) is 0.773. The number of aromatic nitrogens is 1. The minimum absolute atomic E-state index is 0.0195. The number of rotatable bonds is 2. The van der Waals surface area contributed by atoms with Crippen molar-refractivity contribution in [3.05, 3.63) is 23.5 Å². The summed E-state index contributed by atoms with van der Waals surface area (Å²) in [4.78, 5) is 28.3. The van der Waals surface area contributed by atoms with E-state index in [2.05, 4.69) is 4.98 Å². The Hall–Kier alpha value is -1.07. The molecular weight excluding hydrogens is 260 g/mol. The lowest BCUT2D eigenvalue weighted by atomic mass is 10.3. The Morgan fingerprint density at radius 2 is 2.41 bits per heavy atom. The standard InChI is InChI=1S/C11H11ClN2O2S/c1-7(15)17-9-5-11(16)14(6-9)8-2-3-13-10(12)4-8/h2-4,9H,5-6H2,1H3. The molecule has 2 heterocycles. The van der Waals surface area contributed by atoms with E-state index in [0.717, 1.165) is 5.69 Å². The molecule has 1 aliphatic heterocycles. The second-order valence-corrected chi connectivity index (χ2v) is 5.64. The SMILES string of the molecule is CC(=O)SC1CC(=O)N(c2ccnc(Cl)c2)C1. The number of nitrogens with zero attached hydrogens (tertiary/aromatic N) is 2. The first kappa shape index (κ1) is 12.4. The summed E-state index contributed by atoms with van der Waals surface area (Å²) in [6.07, 6.45) is 1.96. The molecule has 1 aromatic rings. The van der Waals surface area contributed by atoms with Gasteiger partial charge in [0.05, 0.1) is 0 Å². The van der Waals surface area contributed by atoms with E-state index in [0.29, 0.717) is 18.1 Å². The molecule has 0 aromatic carbocycles. The minimum Gasteiger partial charge on any atom is -0.311 e. The smallest absolute Gasteiger partial charge is 0.228 e. The van der Waals surface area contributed by atoms with Crippen molar-refractivity contribution in [3.8, 4) is 0 Å². The fraction of sp³-hybridized carbons (Fsp3) is 0.364. The maximum absolute atomic E-state index is 11.8. The summed E-state index contributed by atoms with van der Waals surface area (Å²) in [5.41, 5.74) is 0.738. The Bertz CT molecular complexity index is 467. The van der Waals surface area contributed by atoms with Crippen molar-refractivity contribution in [2.24, 2.45) is 0 Å². The van der Waals surface area contributed by atoms with Crippen LogP contribution in [0.3, 0.4) is 0 Å². The van der Waals surface area contributed by atoms with Crippen LogP contribution in [0.4, 0.5) is 5.69 Å². The lowest BCUT2D eigenvalue weighted by Crippen LogP contribution is -2.24. The summed E-state index contributed by atoms with van der Waals surface area (Å²) in [6, 6.07) is 3.39. The Kier molecular flexibility index (Phi) is 3.69. The van der Waals surface area contributed by atoms with E-state index in [1.54, 1.807) is 23.2 Å². The topological polar surface area (TPSA) is 50.3 Å². The Morgan fingerprint density at radius 1 is 1.65 bits per heavy atom. The van der Waals surface area contributed by atoms with Crippen molar-refractivity contribution in [1.29, 1.82) is 0 Å². The molecule has 17 heavy (non-hydrogen) atoms. The van der Waals surface area contributed by atoms with Crippen LogP contribution in [-0.2, 0) is 9.59 Å². The van der Waals surface area contributed by atoms with Crippen LogP contribution in [0, 0.1) is 0 Å². The van der Waals surface area contributed by atoms with Crippen LogP contribution in [0.25, 0.3) is 0 Å². The molecule has 1 amide bonds. The predicted molar refractivity (Wildman–Crippen MR) is 68.3 cm³/mol. The van der Waals surface area contributed by atoms with Crippen LogP contribution in [0.2, 0.25) is 5.15 Å². The van der Waals surface area contributed by atoms with E-state index < -0.39 is 0 Å².